The summed E-state index contributed by atoms with van der Waals surface area (Å²) in [5.41, 5.74) is 0.263. The summed E-state index contributed by atoms with van der Waals surface area (Å²) in [6.07, 6.45) is 3.10. The molecule has 1 aliphatic rings. The lowest BCUT2D eigenvalue weighted by Crippen LogP contribution is -2.52. The molecule has 1 saturated heterocycles. The number of thiazole rings is 1. The molecule has 0 saturated carbocycles. The van der Waals surface area contributed by atoms with Crippen LogP contribution in [0.1, 0.15) is 15.9 Å². The van der Waals surface area contributed by atoms with Gasteiger partial charge < -0.3 is 14.7 Å². The van der Waals surface area contributed by atoms with E-state index in [4.69, 9.17) is 4.74 Å². The maximum absolute atomic E-state index is 12.7. The van der Waals surface area contributed by atoms with Crippen LogP contribution in [-0.4, -0.2) is 51.9 Å². The van der Waals surface area contributed by atoms with Crippen LogP contribution >= 0.6 is 11.3 Å². The highest BCUT2D eigenvalue weighted by Gasteiger charge is 2.29. The Bertz CT molecular complexity index is 1050. The fraction of sp³-hybridized carbons (Fsp3) is 0.294. The standard InChI is InChI=1S/C17H16N4O4S/c1-9-5-12(20-6-10(7-20)25-2)19-15-13(9)14(22)11(16(23)24)8-21(15)17-18-3-4-26-17/h3-5,8,10H,6-7H2,1-2H3,(H,23,24). The van der Waals surface area contributed by atoms with Crippen molar-refractivity contribution < 1.29 is 14.6 Å². The number of fused-ring (bicyclic) bond motifs is 1. The largest absolute Gasteiger partial charge is 0.477 e. The van der Waals surface area contributed by atoms with Crippen LogP contribution in [-0.2, 0) is 4.74 Å². The molecule has 0 radical (unpaired) electrons. The molecular formula is C17H16N4O4S. The Morgan fingerprint density at radius 3 is 2.81 bits per heavy atom. The molecule has 0 atom stereocenters. The van der Waals surface area contributed by atoms with Gasteiger partial charge in [-0.25, -0.2) is 14.8 Å². The van der Waals surface area contributed by atoms with Gasteiger partial charge in [-0.1, -0.05) is 0 Å². The van der Waals surface area contributed by atoms with Crippen molar-refractivity contribution in [2.45, 2.75) is 13.0 Å². The Labute approximate surface area is 152 Å². The number of carboxylic acid groups (broad SMARTS) is 1. The summed E-state index contributed by atoms with van der Waals surface area (Å²) in [6.45, 7) is 3.24. The van der Waals surface area contributed by atoms with E-state index in [1.807, 2.05) is 6.07 Å². The summed E-state index contributed by atoms with van der Waals surface area (Å²) in [5.74, 6) is -0.535. The number of rotatable bonds is 4. The minimum absolute atomic E-state index is 0.170. The fourth-order valence-corrected chi connectivity index (χ4v) is 3.66. The Hall–Kier alpha value is -2.78. The van der Waals surface area contributed by atoms with E-state index in [0.29, 0.717) is 21.7 Å². The van der Waals surface area contributed by atoms with Crippen LogP contribution in [0.2, 0.25) is 0 Å². The molecule has 8 nitrogen and oxygen atoms in total. The summed E-state index contributed by atoms with van der Waals surface area (Å²) in [4.78, 5) is 35.2. The third kappa shape index (κ3) is 2.56. The number of pyridine rings is 2. The van der Waals surface area contributed by atoms with Crippen LogP contribution in [0.3, 0.4) is 0 Å². The minimum Gasteiger partial charge on any atom is -0.477 e. The van der Waals surface area contributed by atoms with Crippen molar-refractivity contribution in [3.63, 3.8) is 0 Å². The smallest absolute Gasteiger partial charge is 0.341 e. The highest BCUT2D eigenvalue weighted by molar-refractivity contribution is 7.12. The lowest BCUT2D eigenvalue weighted by molar-refractivity contribution is 0.0695. The molecule has 1 aliphatic heterocycles. The first kappa shape index (κ1) is 16.7. The summed E-state index contributed by atoms with van der Waals surface area (Å²) in [6, 6.07) is 1.81. The average Bonchev–Trinajstić information content (AvgIpc) is 3.07. The first-order valence-corrected chi connectivity index (χ1v) is 8.85. The van der Waals surface area contributed by atoms with E-state index in [1.165, 1.54) is 17.5 Å². The number of hydrogen-bond donors (Lipinski definition) is 1. The van der Waals surface area contributed by atoms with Crippen LogP contribution < -0.4 is 10.3 Å². The Balaban J connectivity index is 1.98. The van der Waals surface area contributed by atoms with Crippen LogP contribution in [0.15, 0.2) is 28.6 Å². The van der Waals surface area contributed by atoms with Gasteiger partial charge in [-0.15, -0.1) is 11.3 Å². The van der Waals surface area contributed by atoms with E-state index in [1.54, 1.807) is 30.2 Å². The number of hydrogen-bond acceptors (Lipinski definition) is 7. The lowest BCUT2D eigenvalue weighted by atomic mass is 10.1. The molecule has 0 amide bonds. The van der Waals surface area contributed by atoms with Crippen LogP contribution in [0.25, 0.3) is 16.2 Å². The van der Waals surface area contributed by atoms with E-state index in [2.05, 4.69) is 14.9 Å². The zero-order valence-electron chi connectivity index (χ0n) is 14.2. The van der Waals surface area contributed by atoms with Crippen molar-refractivity contribution in [3.05, 3.63) is 45.2 Å². The third-order valence-corrected chi connectivity index (χ3v) is 5.27. The molecular weight excluding hydrogens is 356 g/mol. The highest BCUT2D eigenvalue weighted by atomic mass is 32.1. The van der Waals surface area contributed by atoms with Crippen LogP contribution in [0.5, 0.6) is 0 Å². The predicted molar refractivity (Wildman–Crippen MR) is 97.7 cm³/mol. The zero-order valence-corrected chi connectivity index (χ0v) is 15.0. The van der Waals surface area contributed by atoms with Gasteiger partial charge in [-0.05, 0) is 18.6 Å². The Kier molecular flexibility index (Phi) is 3.97. The maximum atomic E-state index is 12.7. The van der Waals surface area contributed by atoms with Gasteiger partial charge in [-0.2, -0.15) is 0 Å². The van der Waals surface area contributed by atoms with Gasteiger partial charge in [-0.3, -0.25) is 9.36 Å². The Morgan fingerprint density at radius 2 is 2.19 bits per heavy atom. The SMILES string of the molecule is COC1CN(c2cc(C)c3c(=O)c(C(=O)O)cn(-c4nccs4)c3n2)C1. The molecule has 134 valence electrons. The summed E-state index contributed by atoms with van der Waals surface area (Å²) >= 11 is 1.34. The van der Waals surface area contributed by atoms with Crippen molar-refractivity contribution in [2.75, 3.05) is 25.1 Å². The topological polar surface area (TPSA) is 97.6 Å². The van der Waals surface area contributed by atoms with Crippen molar-refractivity contribution in [1.29, 1.82) is 0 Å². The lowest BCUT2D eigenvalue weighted by Gasteiger charge is -2.39. The van der Waals surface area contributed by atoms with E-state index < -0.39 is 11.4 Å². The normalized spacial score (nSPS) is 14.6. The number of aromatic nitrogens is 3. The van der Waals surface area contributed by atoms with Gasteiger partial charge >= 0.3 is 5.97 Å². The molecule has 1 N–H and O–H groups in total. The molecule has 9 heteroatoms. The number of carboxylic acids is 1. The van der Waals surface area contributed by atoms with Gasteiger partial charge in [0.25, 0.3) is 0 Å². The summed E-state index contributed by atoms with van der Waals surface area (Å²) in [7, 11) is 1.68. The number of ether oxygens (including phenoxy) is 1. The monoisotopic (exact) mass is 372 g/mol. The molecule has 0 aliphatic carbocycles. The number of methoxy groups -OCH3 is 1. The molecule has 3 aromatic rings. The molecule has 4 rings (SSSR count). The summed E-state index contributed by atoms with van der Waals surface area (Å²) in [5, 5.41) is 12.1. The van der Waals surface area contributed by atoms with Gasteiger partial charge in [0.2, 0.25) is 5.43 Å². The van der Waals surface area contributed by atoms with E-state index in [-0.39, 0.29) is 11.7 Å². The molecule has 1 fully saturated rings. The van der Waals surface area contributed by atoms with E-state index in [0.717, 1.165) is 18.9 Å². The maximum Gasteiger partial charge on any atom is 0.341 e. The molecule has 0 unspecified atom stereocenters. The van der Waals surface area contributed by atoms with Crippen molar-refractivity contribution in [2.24, 2.45) is 0 Å². The van der Waals surface area contributed by atoms with Gasteiger partial charge in [0.1, 0.15) is 11.4 Å². The Morgan fingerprint density at radius 1 is 1.42 bits per heavy atom. The predicted octanol–water partition coefficient (Wildman–Crippen LogP) is 1.68. The van der Waals surface area contributed by atoms with E-state index >= 15 is 0 Å². The second-order valence-electron chi connectivity index (χ2n) is 6.12. The molecule has 0 aromatic carbocycles. The first-order chi connectivity index (χ1) is 12.5. The molecule has 26 heavy (non-hydrogen) atoms. The zero-order chi connectivity index (χ0) is 18.4. The number of nitrogens with zero attached hydrogens (tertiary/aromatic N) is 4. The van der Waals surface area contributed by atoms with Gasteiger partial charge in [0, 0.05) is 38.0 Å². The number of anilines is 1. The van der Waals surface area contributed by atoms with Gasteiger partial charge in [0.15, 0.2) is 10.8 Å². The quantitative estimate of drug-likeness (QED) is 0.744. The van der Waals surface area contributed by atoms with Crippen molar-refractivity contribution in [1.82, 2.24) is 14.5 Å². The first-order valence-electron chi connectivity index (χ1n) is 7.97. The van der Waals surface area contributed by atoms with Crippen molar-refractivity contribution in [3.8, 4) is 5.13 Å². The fourth-order valence-electron chi connectivity index (χ4n) is 3.05. The number of aryl methyl sites for hydroxylation is 1. The summed E-state index contributed by atoms with van der Waals surface area (Å²) < 4.78 is 6.88. The molecule has 4 heterocycles. The third-order valence-electron chi connectivity index (χ3n) is 4.50. The van der Waals surface area contributed by atoms with Crippen LogP contribution in [0.4, 0.5) is 5.82 Å². The average molecular weight is 372 g/mol. The minimum atomic E-state index is -1.27. The second-order valence-corrected chi connectivity index (χ2v) is 6.99. The number of carbonyl (C=O) groups is 1. The van der Waals surface area contributed by atoms with E-state index in [9.17, 15) is 14.7 Å². The molecule has 0 bridgehead atoms. The van der Waals surface area contributed by atoms with Crippen molar-refractivity contribution >= 4 is 34.2 Å². The highest BCUT2D eigenvalue weighted by Crippen LogP contribution is 2.27. The van der Waals surface area contributed by atoms with Crippen LogP contribution in [0, 0.1) is 6.92 Å². The van der Waals surface area contributed by atoms with Gasteiger partial charge in [0.05, 0.1) is 11.5 Å². The molecule has 0 spiro atoms. The number of aromatic carboxylic acids is 1. The molecule has 3 aromatic heterocycles. The second kappa shape index (κ2) is 6.19.